The second-order valence-corrected chi connectivity index (χ2v) is 15.5. The summed E-state index contributed by atoms with van der Waals surface area (Å²) in [5.74, 6) is -1.45. The van der Waals surface area contributed by atoms with Crippen molar-refractivity contribution in [2.24, 2.45) is 23.7 Å². The largest absolute Gasteiger partial charge is 0.462 e. The van der Waals surface area contributed by atoms with E-state index in [1.807, 2.05) is 66.6 Å². The van der Waals surface area contributed by atoms with E-state index in [1.54, 1.807) is 6.08 Å². The first-order valence-corrected chi connectivity index (χ1v) is 18.4. The fourth-order valence-electron chi connectivity index (χ4n) is 8.13. The van der Waals surface area contributed by atoms with Crippen LogP contribution in [-0.2, 0) is 28.5 Å². The number of carbonyl (C=O) groups is 2. The second-order valence-electron chi connectivity index (χ2n) is 15.5. The molecule has 4 aliphatic heterocycles. The number of allylic oxidation sites excluding steroid dienone is 1. The van der Waals surface area contributed by atoms with E-state index in [9.17, 15) is 19.8 Å². The lowest BCUT2D eigenvalue weighted by atomic mass is 9.79. The van der Waals surface area contributed by atoms with E-state index < -0.39 is 42.1 Å². The number of hydrogen-bond donors (Lipinski definition) is 2. The third kappa shape index (κ3) is 10.1. The van der Waals surface area contributed by atoms with Crippen LogP contribution in [-0.4, -0.2) is 120 Å². The van der Waals surface area contributed by atoms with Crippen molar-refractivity contribution in [3.63, 3.8) is 0 Å². The van der Waals surface area contributed by atoms with E-state index in [0.29, 0.717) is 19.3 Å². The van der Waals surface area contributed by atoms with Crippen molar-refractivity contribution >= 4 is 11.8 Å². The summed E-state index contributed by atoms with van der Waals surface area (Å²) in [6.45, 7) is 14.7. The van der Waals surface area contributed by atoms with Crippen LogP contribution in [0.2, 0.25) is 0 Å². The summed E-state index contributed by atoms with van der Waals surface area (Å²) in [6.07, 6.45) is 6.63. The number of aliphatic hydroxyl groups excluding tert-OH is 2. The highest BCUT2D eigenvalue weighted by molar-refractivity contribution is 5.91. The van der Waals surface area contributed by atoms with Crippen LogP contribution in [0.5, 0.6) is 0 Å². The fourth-order valence-corrected chi connectivity index (χ4v) is 8.13. The number of rotatable bonds is 7. The molecule has 0 aromatic rings. The number of ketones is 1. The number of likely N-dealkylation sites (tertiary alicyclic amines) is 1. The van der Waals surface area contributed by atoms with Crippen LogP contribution < -0.4 is 0 Å². The Balaban J connectivity index is 1.67. The quantitative estimate of drug-likeness (QED) is 0.300. The zero-order valence-electron chi connectivity index (χ0n) is 30.3. The molecule has 0 aliphatic carbocycles. The van der Waals surface area contributed by atoms with Gasteiger partial charge in [-0.15, -0.1) is 0 Å². The summed E-state index contributed by atoms with van der Waals surface area (Å²) in [5, 5.41) is 23.1. The number of ether oxygens (including phenoxy) is 4. The average Bonchev–Trinajstić information content (AvgIpc) is 3.77. The molecule has 0 aromatic carbocycles. The van der Waals surface area contributed by atoms with Gasteiger partial charge in [0, 0.05) is 23.8 Å². The molecule has 10 heteroatoms. The van der Waals surface area contributed by atoms with Crippen molar-refractivity contribution in [3.05, 3.63) is 12.2 Å². The number of carbonyl (C=O) groups excluding carboxylic acids is 2. The molecule has 0 spiro atoms. The summed E-state index contributed by atoms with van der Waals surface area (Å²) in [6, 6.07) is -0.158. The number of likely N-dealkylation sites (N-methyl/N-ethyl adjacent to an activating group) is 1. The minimum atomic E-state index is -1.05. The summed E-state index contributed by atoms with van der Waals surface area (Å²) in [4.78, 5) is 31.4. The first-order chi connectivity index (χ1) is 22.2. The standard InChI is InChI=1S/C37H64N2O8/c1-9-31-26(5)35-37(6,47-35)16-14-29(40)23(2)20-27(15-19-39-17-12-10-11-13-18-39)34(25(4)30(41)22-32(42)45-31)46-36-33(43)28(38(7)8)21-24(3)44-36/h14,16,23-28,30-31,33-36,41,43H,9-13,15,17-22H2,1-8H3/b16-14+/t23-,24-,25+,26-,27+,28+,30?,31-,33-,34-,35+,36+,37+/m1/s1. The molecule has 2 N–H and O–H groups in total. The normalized spacial score (nSPS) is 44.0. The minimum absolute atomic E-state index is 0.0284. The molecule has 4 rings (SSSR count). The van der Waals surface area contributed by atoms with E-state index >= 15 is 0 Å². The van der Waals surface area contributed by atoms with Gasteiger partial charge in [0.15, 0.2) is 12.1 Å². The van der Waals surface area contributed by atoms with Crippen LogP contribution in [0.3, 0.4) is 0 Å². The maximum absolute atomic E-state index is 13.6. The molecular weight excluding hydrogens is 600 g/mol. The lowest BCUT2D eigenvalue weighted by molar-refractivity contribution is -0.283. The molecule has 3 fully saturated rings. The Morgan fingerprint density at radius 1 is 1.02 bits per heavy atom. The molecule has 4 aliphatic rings. The van der Waals surface area contributed by atoms with Gasteiger partial charge in [0.1, 0.15) is 17.8 Å². The van der Waals surface area contributed by atoms with Gasteiger partial charge in [0.05, 0.1) is 30.8 Å². The van der Waals surface area contributed by atoms with Gasteiger partial charge in [-0.25, -0.2) is 0 Å². The fraction of sp³-hybridized carbons (Fsp3) is 0.892. The predicted molar refractivity (Wildman–Crippen MR) is 181 cm³/mol. The van der Waals surface area contributed by atoms with Crippen LogP contribution in [0.1, 0.15) is 99.3 Å². The first kappa shape index (κ1) is 38.4. The second kappa shape index (κ2) is 17.0. The summed E-state index contributed by atoms with van der Waals surface area (Å²) in [7, 11) is 3.88. The predicted octanol–water partition coefficient (Wildman–Crippen LogP) is 4.35. The van der Waals surface area contributed by atoms with Gasteiger partial charge in [-0.1, -0.05) is 40.5 Å². The molecule has 1 unspecified atom stereocenters. The highest BCUT2D eigenvalue weighted by atomic mass is 16.7. The molecule has 0 bridgehead atoms. The number of aliphatic hydroxyl groups is 2. The van der Waals surface area contributed by atoms with E-state index in [4.69, 9.17) is 18.9 Å². The Morgan fingerprint density at radius 3 is 2.34 bits per heavy atom. The number of esters is 1. The van der Waals surface area contributed by atoms with Crippen LogP contribution >= 0.6 is 0 Å². The third-order valence-corrected chi connectivity index (χ3v) is 11.4. The Bertz CT molecular complexity index is 1050. The Labute approximate surface area is 283 Å². The maximum atomic E-state index is 13.6. The SMILES string of the molecule is CC[C@H]1OC(=O)CC(O)[C@H](C)[C@@H](O[C@@H]2O[C@H](C)C[C@H](N(C)C)[C@H]2O)[C@@H](CCN2CCCCCC2)C[C@@H](C)C(=O)/C=C/[C@]2(C)O[C@H]2[C@@H]1C. The molecule has 0 aromatic heterocycles. The van der Waals surface area contributed by atoms with E-state index in [-0.39, 0.29) is 54.3 Å². The van der Waals surface area contributed by atoms with Gasteiger partial charge in [-0.05, 0) is 104 Å². The Hall–Kier alpha value is -1.40. The van der Waals surface area contributed by atoms with E-state index in [1.165, 1.54) is 25.7 Å². The summed E-state index contributed by atoms with van der Waals surface area (Å²) in [5.41, 5.74) is -0.592. The van der Waals surface area contributed by atoms with Crippen molar-refractivity contribution in [2.45, 2.75) is 154 Å². The molecule has 47 heavy (non-hydrogen) atoms. The van der Waals surface area contributed by atoms with Crippen molar-refractivity contribution in [3.8, 4) is 0 Å². The van der Waals surface area contributed by atoms with Gasteiger partial charge in [0.25, 0.3) is 0 Å². The van der Waals surface area contributed by atoms with Gasteiger partial charge < -0.3 is 39.0 Å². The van der Waals surface area contributed by atoms with E-state index in [0.717, 1.165) is 26.1 Å². The van der Waals surface area contributed by atoms with Gasteiger partial charge >= 0.3 is 5.97 Å². The zero-order valence-corrected chi connectivity index (χ0v) is 30.3. The van der Waals surface area contributed by atoms with Crippen LogP contribution in [0, 0.1) is 23.7 Å². The molecule has 4 heterocycles. The number of hydrogen-bond acceptors (Lipinski definition) is 10. The zero-order chi connectivity index (χ0) is 34.5. The number of fused-ring (bicyclic) bond motifs is 1. The Morgan fingerprint density at radius 2 is 1.70 bits per heavy atom. The molecule has 0 amide bonds. The lowest BCUT2D eigenvalue weighted by Gasteiger charge is -2.44. The van der Waals surface area contributed by atoms with Crippen molar-refractivity contribution in [1.82, 2.24) is 9.80 Å². The number of cyclic esters (lactones) is 1. The van der Waals surface area contributed by atoms with Crippen LogP contribution in [0.15, 0.2) is 12.2 Å². The third-order valence-electron chi connectivity index (χ3n) is 11.4. The molecule has 10 nitrogen and oxygen atoms in total. The highest BCUT2D eigenvalue weighted by Gasteiger charge is 2.55. The van der Waals surface area contributed by atoms with Gasteiger partial charge in [-0.3, -0.25) is 9.59 Å². The van der Waals surface area contributed by atoms with Crippen LogP contribution in [0.25, 0.3) is 0 Å². The summed E-state index contributed by atoms with van der Waals surface area (Å²) >= 11 is 0. The summed E-state index contributed by atoms with van der Waals surface area (Å²) < 4.78 is 25.0. The van der Waals surface area contributed by atoms with E-state index in [2.05, 4.69) is 4.90 Å². The molecule has 0 radical (unpaired) electrons. The lowest BCUT2D eigenvalue weighted by Crippen LogP contribution is -2.56. The van der Waals surface area contributed by atoms with Crippen LogP contribution in [0.4, 0.5) is 0 Å². The number of nitrogens with zero attached hydrogens (tertiary/aromatic N) is 2. The van der Waals surface area contributed by atoms with Crippen molar-refractivity contribution in [2.75, 3.05) is 33.7 Å². The van der Waals surface area contributed by atoms with Gasteiger partial charge in [0.2, 0.25) is 0 Å². The van der Waals surface area contributed by atoms with Crippen molar-refractivity contribution in [1.29, 1.82) is 0 Å². The molecule has 0 saturated carbocycles. The molecule has 13 atom stereocenters. The number of epoxide rings is 1. The first-order valence-electron chi connectivity index (χ1n) is 18.4. The van der Waals surface area contributed by atoms with Gasteiger partial charge in [-0.2, -0.15) is 0 Å². The Kier molecular flexibility index (Phi) is 13.9. The molecular formula is C37H64N2O8. The molecule has 3 saturated heterocycles. The molecule has 270 valence electrons. The smallest absolute Gasteiger partial charge is 0.308 e. The average molecular weight is 665 g/mol. The van der Waals surface area contributed by atoms with Crippen molar-refractivity contribution < 1.29 is 38.7 Å². The minimum Gasteiger partial charge on any atom is -0.462 e. The maximum Gasteiger partial charge on any atom is 0.308 e. The monoisotopic (exact) mass is 664 g/mol. The highest BCUT2D eigenvalue weighted by Crippen LogP contribution is 2.45. The topological polar surface area (TPSA) is 121 Å².